The van der Waals surface area contributed by atoms with Crippen LogP contribution in [-0.4, -0.2) is 11.1 Å². The molecule has 5 heteroatoms. The Labute approximate surface area is 87.5 Å². The highest BCUT2D eigenvalue weighted by atomic mass is 79.9. The molecule has 0 fully saturated rings. The highest BCUT2D eigenvalue weighted by molar-refractivity contribution is 9.10. The van der Waals surface area contributed by atoms with Crippen LogP contribution in [0.25, 0.3) is 0 Å². The predicted octanol–water partition coefficient (Wildman–Crippen LogP) is 3.20. The van der Waals surface area contributed by atoms with E-state index in [0.29, 0.717) is 4.47 Å². The van der Waals surface area contributed by atoms with Crippen molar-refractivity contribution in [3.8, 4) is 0 Å². The van der Waals surface area contributed by atoms with Gasteiger partial charge in [-0.15, -0.1) is 0 Å². The first-order valence-electron chi connectivity index (χ1n) is 3.34. The summed E-state index contributed by atoms with van der Waals surface area (Å²) in [6.07, 6.45) is -2.07. The lowest BCUT2D eigenvalue weighted by atomic mass is 10.1. The normalized spacial score (nSPS) is 12.5. The van der Waals surface area contributed by atoms with Gasteiger partial charge in [-0.05, 0) is 12.1 Å². The summed E-state index contributed by atoms with van der Waals surface area (Å²) in [4.78, 5) is 10.3. The van der Waals surface area contributed by atoms with E-state index in [4.69, 9.17) is 16.7 Å². The maximum Gasteiger partial charge on any atom is 0.343 e. The number of carboxylic acid groups (broad SMARTS) is 1. The van der Waals surface area contributed by atoms with Crippen molar-refractivity contribution < 1.29 is 14.3 Å². The summed E-state index contributed by atoms with van der Waals surface area (Å²) in [5.41, 5.74) is -0.0302. The zero-order valence-corrected chi connectivity index (χ0v) is 8.64. The van der Waals surface area contributed by atoms with Crippen LogP contribution in [0.3, 0.4) is 0 Å². The first-order valence-corrected chi connectivity index (χ1v) is 4.51. The number of carboxylic acids is 1. The molecule has 1 aromatic rings. The van der Waals surface area contributed by atoms with Gasteiger partial charge in [-0.1, -0.05) is 33.6 Å². The number of alkyl halides is 1. The molecule has 0 aliphatic rings. The summed E-state index contributed by atoms with van der Waals surface area (Å²) in [7, 11) is 0. The number of hydrogen-bond acceptors (Lipinski definition) is 1. The number of aliphatic carboxylic acids is 1. The maximum atomic E-state index is 13.0. The van der Waals surface area contributed by atoms with E-state index in [1.807, 2.05) is 0 Å². The molecule has 0 amide bonds. The summed E-state index contributed by atoms with van der Waals surface area (Å²) < 4.78 is 13.6. The van der Waals surface area contributed by atoms with Crippen LogP contribution >= 0.6 is 27.5 Å². The monoisotopic (exact) mass is 266 g/mol. The second-order valence-electron chi connectivity index (χ2n) is 2.37. The lowest BCUT2D eigenvalue weighted by Gasteiger charge is -2.05. The predicted molar refractivity (Wildman–Crippen MR) is 50.6 cm³/mol. The molecule has 0 saturated carbocycles. The first-order chi connectivity index (χ1) is 6.02. The van der Waals surface area contributed by atoms with Crippen LogP contribution in [0.4, 0.5) is 4.39 Å². The number of hydrogen-bond donors (Lipinski definition) is 1. The largest absolute Gasteiger partial charge is 0.479 e. The number of rotatable bonds is 2. The molecular weight excluding hydrogens is 262 g/mol. The van der Waals surface area contributed by atoms with Gasteiger partial charge in [0.1, 0.15) is 0 Å². The third kappa shape index (κ3) is 2.42. The third-order valence-corrected chi connectivity index (χ3v) is 2.27. The van der Waals surface area contributed by atoms with Gasteiger partial charge in [0.25, 0.3) is 0 Å². The molecule has 0 aliphatic carbocycles. The van der Waals surface area contributed by atoms with Crippen LogP contribution in [0.5, 0.6) is 0 Å². The number of benzene rings is 1. The molecule has 1 N–H and O–H groups in total. The van der Waals surface area contributed by atoms with E-state index in [0.717, 1.165) is 0 Å². The average Bonchev–Trinajstić information content (AvgIpc) is 2.03. The quantitative estimate of drug-likeness (QED) is 0.893. The molecule has 70 valence electrons. The molecule has 0 bridgehead atoms. The summed E-state index contributed by atoms with van der Waals surface area (Å²) in [6, 6.07) is 4.33. The van der Waals surface area contributed by atoms with E-state index in [1.54, 1.807) is 0 Å². The van der Waals surface area contributed by atoms with Crippen molar-refractivity contribution in [3.05, 3.63) is 33.3 Å². The minimum atomic E-state index is -2.07. The molecule has 0 radical (unpaired) electrons. The van der Waals surface area contributed by atoms with Gasteiger partial charge in [0, 0.05) is 15.1 Å². The Balaban J connectivity index is 3.08. The average molecular weight is 267 g/mol. The van der Waals surface area contributed by atoms with Gasteiger partial charge in [-0.2, -0.15) is 0 Å². The molecule has 0 spiro atoms. The molecule has 2 nitrogen and oxygen atoms in total. The topological polar surface area (TPSA) is 37.3 Å². The van der Waals surface area contributed by atoms with Gasteiger partial charge in [0.15, 0.2) is 0 Å². The van der Waals surface area contributed by atoms with Gasteiger partial charge in [-0.25, -0.2) is 9.18 Å². The molecule has 0 saturated heterocycles. The Morgan fingerprint density at radius 3 is 2.69 bits per heavy atom. The molecular formula is C8H5BrClFO2. The Morgan fingerprint density at radius 1 is 1.62 bits per heavy atom. The Kier molecular flexibility index (Phi) is 3.27. The van der Waals surface area contributed by atoms with E-state index >= 15 is 0 Å². The molecule has 0 aliphatic heterocycles. The van der Waals surface area contributed by atoms with E-state index in [2.05, 4.69) is 15.9 Å². The Hall–Kier alpha value is -0.610. The molecule has 1 atom stereocenters. The van der Waals surface area contributed by atoms with Crippen LogP contribution in [-0.2, 0) is 4.79 Å². The van der Waals surface area contributed by atoms with Crippen LogP contribution in [0.15, 0.2) is 22.7 Å². The minimum Gasteiger partial charge on any atom is -0.479 e. The highest BCUT2D eigenvalue weighted by Gasteiger charge is 2.20. The van der Waals surface area contributed by atoms with Crippen LogP contribution < -0.4 is 0 Å². The van der Waals surface area contributed by atoms with Crippen molar-refractivity contribution in [3.63, 3.8) is 0 Å². The number of carbonyl (C=O) groups is 1. The van der Waals surface area contributed by atoms with Gasteiger partial charge >= 0.3 is 5.97 Å². The van der Waals surface area contributed by atoms with Crippen molar-refractivity contribution in [2.75, 3.05) is 0 Å². The van der Waals surface area contributed by atoms with Crippen LogP contribution in [0, 0.1) is 0 Å². The van der Waals surface area contributed by atoms with Crippen molar-refractivity contribution in [2.45, 2.75) is 6.17 Å². The fourth-order valence-corrected chi connectivity index (χ4v) is 1.61. The molecule has 13 heavy (non-hydrogen) atoms. The Morgan fingerprint density at radius 2 is 2.23 bits per heavy atom. The first kappa shape index (κ1) is 10.5. The van der Waals surface area contributed by atoms with Crippen molar-refractivity contribution >= 4 is 33.5 Å². The van der Waals surface area contributed by atoms with Crippen molar-refractivity contribution in [1.82, 2.24) is 0 Å². The summed E-state index contributed by atoms with van der Waals surface area (Å²) in [5.74, 6) is -1.54. The van der Waals surface area contributed by atoms with E-state index in [1.165, 1.54) is 18.2 Å². The van der Waals surface area contributed by atoms with E-state index in [-0.39, 0.29) is 10.6 Å². The fraction of sp³-hybridized carbons (Fsp3) is 0.125. The Bertz CT molecular complexity index is 343. The zero-order chi connectivity index (χ0) is 10.0. The SMILES string of the molecule is O=C(O)C(F)c1ccc(Br)cc1Cl. The highest BCUT2D eigenvalue weighted by Crippen LogP contribution is 2.28. The van der Waals surface area contributed by atoms with Crippen LogP contribution in [0.2, 0.25) is 5.02 Å². The minimum absolute atomic E-state index is 0.0302. The second kappa shape index (κ2) is 4.07. The van der Waals surface area contributed by atoms with Gasteiger partial charge in [0.05, 0.1) is 0 Å². The lowest BCUT2D eigenvalue weighted by Crippen LogP contribution is -2.06. The summed E-state index contributed by atoms with van der Waals surface area (Å²) >= 11 is 8.76. The molecule has 1 aromatic carbocycles. The smallest absolute Gasteiger partial charge is 0.343 e. The lowest BCUT2D eigenvalue weighted by molar-refractivity contribution is -0.143. The summed E-state index contributed by atoms with van der Waals surface area (Å²) in [6.45, 7) is 0. The van der Waals surface area contributed by atoms with Crippen molar-refractivity contribution in [2.24, 2.45) is 0 Å². The van der Waals surface area contributed by atoms with Gasteiger partial charge in [0.2, 0.25) is 6.17 Å². The maximum absolute atomic E-state index is 13.0. The summed E-state index contributed by atoms with van der Waals surface area (Å²) in [5, 5.41) is 8.48. The van der Waals surface area contributed by atoms with Crippen molar-refractivity contribution in [1.29, 1.82) is 0 Å². The number of halogens is 3. The molecule has 1 unspecified atom stereocenters. The van der Waals surface area contributed by atoms with E-state index < -0.39 is 12.1 Å². The standard InChI is InChI=1S/C8H5BrClFO2/c9-4-1-2-5(6(10)3-4)7(11)8(12)13/h1-3,7H,(H,12,13). The second-order valence-corrected chi connectivity index (χ2v) is 3.69. The third-order valence-electron chi connectivity index (χ3n) is 1.45. The van der Waals surface area contributed by atoms with E-state index in [9.17, 15) is 9.18 Å². The van der Waals surface area contributed by atoms with Gasteiger partial charge in [-0.3, -0.25) is 0 Å². The fourth-order valence-electron chi connectivity index (χ4n) is 0.840. The molecule has 0 aromatic heterocycles. The molecule has 0 heterocycles. The van der Waals surface area contributed by atoms with Gasteiger partial charge < -0.3 is 5.11 Å². The van der Waals surface area contributed by atoms with Crippen LogP contribution in [0.1, 0.15) is 11.7 Å². The molecule has 1 rings (SSSR count). The zero-order valence-electron chi connectivity index (χ0n) is 6.30.